The number of hydrogen-bond donors (Lipinski definition) is 4. The first-order valence-corrected chi connectivity index (χ1v) is 13.0. The van der Waals surface area contributed by atoms with E-state index in [1.807, 2.05) is 12.1 Å². The van der Waals surface area contributed by atoms with E-state index in [9.17, 15) is 9.59 Å². The molecule has 3 amide bonds. The Hall–Kier alpha value is -3.06. The van der Waals surface area contributed by atoms with Crippen LogP contribution in [0.3, 0.4) is 0 Å². The van der Waals surface area contributed by atoms with Crippen LogP contribution in [0.25, 0.3) is 0 Å². The van der Waals surface area contributed by atoms with E-state index in [4.69, 9.17) is 5.11 Å². The molecule has 2 aliphatic heterocycles. The molecule has 1 saturated carbocycles. The highest BCUT2D eigenvalue weighted by molar-refractivity contribution is 5.82. The number of anilines is 1. The number of likely N-dealkylation sites (tertiary alicyclic amines) is 1. The summed E-state index contributed by atoms with van der Waals surface area (Å²) in [6.07, 6.45) is 5.11. The summed E-state index contributed by atoms with van der Waals surface area (Å²) in [6, 6.07) is 18.7. The van der Waals surface area contributed by atoms with Crippen LogP contribution in [0.15, 0.2) is 54.6 Å². The van der Waals surface area contributed by atoms with Crippen LogP contribution in [-0.2, 0) is 4.79 Å². The number of carbonyl (C=O) groups excluding carboxylic acids is 2. The Labute approximate surface area is 207 Å². The van der Waals surface area contributed by atoms with E-state index in [2.05, 4.69) is 63.3 Å². The largest absolute Gasteiger partial charge is 0.396 e. The fraction of sp³-hybridized carbons (Fsp3) is 0.500. The average molecular weight is 477 g/mol. The molecule has 0 aromatic heterocycles. The Morgan fingerprint density at radius 1 is 1.00 bits per heavy atom. The number of aliphatic hydroxyl groups is 1. The summed E-state index contributed by atoms with van der Waals surface area (Å²) in [5.74, 6) is 0.262. The van der Waals surface area contributed by atoms with Gasteiger partial charge in [0.05, 0.1) is 18.0 Å². The number of para-hydroxylation sites is 1. The van der Waals surface area contributed by atoms with Gasteiger partial charge in [-0.15, -0.1) is 0 Å². The summed E-state index contributed by atoms with van der Waals surface area (Å²) in [7, 11) is 0. The number of urea groups is 1. The first-order valence-electron chi connectivity index (χ1n) is 13.0. The molecule has 7 nitrogen and oxygen atoms in total. The third-order valence-corrected chi connectivity index (χ3v) is 7.93. The van der Waals surface area contributed by atoms with E-state index in [1.165, 1.54) is 11.1 Å². The second-order valence-corrected chi connectivity index (χ2v) is 10.0. The van der Waals surface area contributed by atoms with Crippen molar-refractivity contribution in [1.82, 2.24) is 15.5 Å². The quantitative estimate of drug-likeness (QED) is 0.475. The maximum Gasteiger partial charge on any atom is 0.315 e. The standard InChI is InChI=1S/C28H36N4O3/c33-18-8-16-29-28(35)31-24-14-7-5-12-21(24)27(34)32-17-15-22-25(19-9-2-1-3-10-19)30-23-13-6-4-11-20(23)26(22)32/h1-4,6,9-11,13,21-22,24-26,30,33H,5,7-8,12,14-18H2,(H2,29,31,35)/t21-,22+,24+,25-,26-/m0/s1. The van der Waals surface area contributed by atoms with E-state index in [-0.39, 0.29) is 42.6 Å². The molecule has 3 aliphatic rings. The van der Waals surface area contributed by atoms with Gasteiger partial charge >= 0.3 is 6.03 Å². The smallest absolute Gasteiger partial charge is 0.315 e. The van der Waals surface area contributed by atoms with Gasteiger partial charge in [-0.1, -0.05) is 61.4 Å². The molecule has 0 radical (unpaired) electrons. The van der Waals surface area contributed by atoms with Crippen molar-refractivity contribution >= 4 is 17.6 Å². The number of fused-ring (bicyclic) bond motifs is 3. The highest BCUT2D eigenvalue weighted by Gasteiger charge is 2.48. The van der Waals surface area contributed by atoms with Crippen LogP contribution in [-0.4, -0.2) is 47.7 Å². The Bertz CT molecular complexity index is 1030. The predicted molar refractivity (Wildman–Crippen MR) is 136 cm³/mol. The minimum absolute atomic E-state index is 0.0334. The lowest BCUT2D eigenvalue weighted by Crippen LogP contribution is -2.52. The first-order chi connectivity index (χ1) is 17.2. The summed E-state index contributed by atoms with van der Waals surface area (Å²) in [4.78, 5) is 28.6. The molecule has 0 spiro atoms. The summed E-state index contributed by atoms with van der Waals surface area (Å²) < 4.78 is 0. The third kappa shape index (κ3) is 4.87. The predicted octanol–water partition coefficient (Wildman–Crippen LogP) is 3.98. The van der Waals surface area contributed by atoms with Crippen LogP contribution in [0.2, 0.25) is 0 Å². The van der Waals surface area contributed by atoms with Gasteiger partial charge < -0.3 is 26.0 Å². The molecule has 2 heterocycles. The molecule has 5 atom stereocenters. The van der Waals surface area contributed by atoms with Gasteiger partial charge in [0.2, 0.25) is 5.91 Å². The fourth-order valence-corrected chi connectivity index (χ4v) is 6.28. The zero-order valence-corrected chi connectivity index (χ0v) is 20.2. The van der Waals surface area contributed by atoms with Crippen LogP contribution >= 0.6 is 0 Å². The maximum atomic E-state index is 14.1. The molecule has 0 bridgehead atoms. The molecule has 35 heavy (non-hydrogen) atoms. The lowest BCUT2D eigenvalue weighted by atomic mass is 9.79. The van der Waals surface area contributed by atoms with Crippen molar-refractivity contribution < 1.29 is 14.7 Å². The van der Waals surface area contributed by atoms with Crippen molar-refractivity contribution in [2.75, 3.05) is 25.0 Å². The first kappa shape index (κ1) is 23.7. The molecule has 2 aromatic carbocycles. The van der Waals surface area contributed by atoms with E-state index < -0.39 is 0 Å². The SMILES string of the molecule is O=C(NCCCO)N[C@@H]1CCCC[C@@H]1C(=O)N1CC[C@@H]2[C@H](c3ccccc3)Nc3ccccc3[C@@H]21. The van der Waals surface area contributed by atoms with Crippen molar-refractivity contribution in [2.24, 2.45) is 11.8 Å². The minimum atomic E-state index is -0.251. The lowest BCUT2D eigenvalue weighted by molar-refractivity contribution is -0.138. The number of rotatable bonds is 6. The molecule has 7 heteroatoms. The summed E-state index contributed by atoms with van der Waals surface area (Å²) >= 11 is 0. The fourth-order valence-electron chi connectivity index (χ4n) is 6.28. The highest BCUT2D eigenvalue weighted by atomic mass is 16.3. The van der Waals surface area contributed by atoms with Crippen LogP contribution in [0.1, 0.15) is 61.7 Å². The second kappa shape index (κ2) is 10.7. The summed E-state index contributed by atoms with van der Waals surface area (Å²) in [5, 5.41) is 18.6. The molecule has 0 unspecified atom stereocenters. The van der Waals surface area contributed by atoms with Crippen LogP contribution in [0.5, 0.6) is 0 Å². The third-order valence-electron chi connectivity index (χ3n) is 7.93. The molecule has 1 saturated heterocycles. The minimum Gasteiger partial charge on any atom is -0.396 e. The van der Waals surface area contributed by atoms with Crippen molar-refractivity contribution in [3.8, 4) is 0 Å². The van der Waals surface area contributed by atoms with Gasteiger partial charge in [-0.25, -0.2) is 4.79 Å². The van der Waals surface area contributed by atoms with Crippen LogP contribution < -0.4 is 16.0 Å². The molecular formula is C28H36N4O3. The average Bonchev–Trinajstić information content (AvgIpc) is 3.34. The van der Waals surface area contributed by atoms with Crippen molar-refractivity contribution in [1.29, 1.82) is 0 Å². The van der Waals surface area contributed by atoms with Gasteiger partial charge in [-0.3, -0.25) is 4.79 Å². The number of hydrogen-bond acceptors (Lipinski definition) is 4. The maximum absolute atomic E-state index is 14.1. The van der Waals surface area contributed by atoms with E-state index >= 15 is 0 Å². The van der Waals surface area contributed by atoms with Gasteiger partial charge in [0.15, 0.2) is 0 Å². The molecule has 2 fully saturated rings. The molecule has 1 aliphatic carbocycles. The number of benzene rings is 2. The zero-order valence-electron chi connectivity index (χ0n) is 20.2. The normalized spacial score (nSPS) is 27.3. The van der Waals surface area contributed by atoms with Crippen molar-refractivity contribution in [2.45, 2.75) is 56.7 Å². The number of nitrogens with one attached hydrogen (secondary N) is 3. The van der Waals surface area contributed by atoms with Gasteiger partial charge in [0.1, 0.15) is 0 Å². The number of amides is 3. The number of nitrogens with zero attached hydrogens (tertiary/aromatic N) is 1. The van der Waals surface area contributed by atoms with Gasteiger partial charge in [-0.2, -0.15) is 0 Å². The number of aliphatic hydroxyl groups excluding tert-OH is 1. The van der Waals surface area contributed by atoms with Crippen molar-refractivity contribution in [3.63, 3.8) is 0 Å². The van der Waals surface area contributed by atoms with E-state index in [0.717, 1.165) is 44.3 Å². The Morgan fingerprint density at radius 3 is 2.60 bits per heavy atom. The topological polar surface area (TPSA) is 93.7 Å². The monoisotopic (exact) mass is 476 g/mol. The molecule has 2 aromatic rings. The molecule has 4 N–H and O–H groups in total. The molecule has 5 rings (SSSR count). The van der Waals surface area contributed by atoms with Gasteiger partial charge in [0, 0.05) is 37.3 Å². The highest BCUT2D eigenvalue weighted by Crippen LogP contribution is 2.51. The number of carbonyl (C=O) groups is 2. The van der Waals surface area contributed by atoms with E-state index in [0.29, 0.717) is 18.9 Å². The Kier molecular flexibility index (Phi) is 7.23. The Morgan fingerprint density at radius 2 is 1.77 bits per heavy atom. The van der Waals surface area contributed by atoms with Gasteiger partial charge in [0.25, 0.3) is 0 Å². The zero-order chi connectivity index (χ0) is 24.2. The summed E-state index contributed by atoms with van der Waals surface area (Å²) in [6.45, 7) is 1.20. The summed E-state index contributed by atoms with van der Waals surface area (Å²) in [5.41, 5.74) is 3.55. The van der Waals surface area contributed by atoms with Crippen LogP contribution in [0, 0.1) is 11.8 Å². The second-order valence-electron chi connectivity index (χ2n) is 10.0. The lowest BCUT2D eigenvalue weighted by Gasteiger charge is -2.42. The van der Waals surface area contributed by atoms with Crippen molar-refractivity contribution in [3.05, 3.63) is 65.7 Å². The van der Waals surface area contributed by atoms with Crippen LogP contribution in [0.4, 0.5) is 10.5 Å². The van der Waals surface area contributed by atoms with E-state index in [1.54, 1.807) is 0 Å². The molecular weight excluding hydrogens is 440 g/mol. The Balaban J connectivity index is 1.38. The van der Waals surface area contributed by atoms with Gasteiger partial charge in [-0.05, 0) is 42.9 Å². The molecule has 186 valence electrons.